The SMILES string of the molecule is CC.CC.Cc1ccc(C)c(CN(C=O)C2CCC(O)CC2)c1. The van der Waals surface area contributed by atoms with Gasteiger partial charge in [-0.1, -0.05) is 51.5 Å². The lowest BCUT2D eigenvalue weighted by atomic mass is 9.92. The number of nitrogens with zero attached hydrogens (tertiary/aromatic N) is 1. The molecule has 2 rings (SSSR count). The Morgan fingerprint density at radius 2 is 1.65 bits per heavy atom. The second-order valence-electron chi connectivity index (χ2n) is 5.67. The van der Waals surface area contributed by atoms with Crippen molar-refractivity contribution in [2.75, 3.05) is 0 Å². The third-order valence-electron chi connectivity index (χ3n) is 4.13. The fourth-order valence-corrected chi connectivity index (χ4v) is 2.81. The third-order valence-corrected chi connectivity index (χ3v) is 4.13. The van der Waals surface area contributed by atoms with Gasteiger partial charge in [-0.05, 0) is 50.7 Å². The molecule has 132 valence electrons. The zero-order valence-corrected chi connectivity index (χ0v) is 15.8. The van der Waals surface area contributed by atoms with Gasteiger partial charge in [0.15, 0.2) is 0 Å². The molecule has 1 aromatic carbocycles. The normalized spacial score (nSPS) is 19.6. The summed E-state index contributed by atoms with van der Waals surface area (Å²) in [4.78, 5) is 13.2. The Labute approximate surface area is 142 Å². The van der Waals surface area contributed by atoms with Crippen molar-refractivity contribution >= 4 is 6.41 Å². The van der Waals surface area contributed by atoms with E-state index in [4.69, 9.17) is 0 Å². The van der Waals surface area contributed by atoms with Crippen LogP contribution in [0, 0.1) is 13.8 Å². The first kappa shape index (κ1) is 21.6. The van der Waals surface area contributed by atoms with Crippen LogP contribution < -0.4 is 0 Å². The van der Waals surface area contributed by atoms with Gasteiger partial charge in [0.2, 0.25) is 6.41 Å². The molecule has 0 spiro atoms. The monoisotopic (exact) mass is 321 g/mol. The van der Waals surface area contributed by atoms with Crippen LogP contribution in [0.2, 0.25) is 0 Å². The zero-order chi connectivity index (χ0) is 17.8. The second-order valence-corrected chi connectivity index (χ2v) is 5.67. The highest BCUT2D eigenvalue weighted by molar-refractivity contribution is 5.48. The molecule has 0 bridgehead atoms. The maximum atomic E-state index is 11.3. The van der Waals surface area contributed by atoms with Gasteiger partial charge in [0.05, 0.1) is 6.10 Å². The number of aryl methyl sites for hydroxylation is 2. The number of rotatable bonds is 4. The Hall–Kier alpha value is -1.35. The Kier molecular flexibility index (Phi) is 11.4. The van der Waals surface area contributed by atoms with Crippen LogP contribution in [-0.2, 0) is 11.3 Å². The molecule has 1 N–H and O–H groups in total. The van der Waals surface area contributed by atoms with E-state index in [2.05, 4.69) is 32.0 Å². The van der Waals surface area contributed by atoms with Crippen LogP contribution in [0.15, 0.2) is 18.2 Å². The van der Waals surface area contributed by atoms with Crippen molar-refractivity contribution in [1.29, 1.82) is 0 Å². The molecule has 1 fully saturated rings. The van der Waals surface area contributed by atoms with Crippen LogP contribution >= 0.6 is 0 Å². The number of aliphatic hydroxyl groups excluding tert-OH is 1. The van der Waals surface area contributed by atoms with Crippen molar-refractivity contribution in [1.82, 2.24) is 4.90 Å². The highest BCUT2D eigenvalue weighted by Crippen LogP contribution is 2.24. The Morgan fingerprint density at radius 1 is 1.09 bits per heavy atom. The molecule has 0 aromatic heterocycles. The van der Waals surface area contributed by atoms with Gasteiger partial charge < -0.3 is 10.0 Å². The number of carbonyl (C=O) groups excluding carboxylic acids is 1. The summed E-state index contributed by atoms with van der Waals surface area (Å²) in [7, 11) is 0. The highest BCUT2D eigenvalue weighted by atomic mass is 16.3. The lowest BCUT2D eigenvalue weighted by molar-refractivity contribution is -0.122. The van der Waals surface area contributed by atoms with E-state index in [1.54, 1.807) is 0 Å². The van der Waals surface area contributed by atoms with Gasteiger partial charge >= 0.3 is 0 Å². The van der Waals surface area contributed by atoms with Gasteiger partial charge in [0.1, 0.15) is 0 Å². The summed E-state index contributed by atoms with van der Waals surface area (Å²) in [5.41, 5.74) is 3.68. The Bertz CT molecular complexity index is 437. The van der Waals surface area contributed by atoms with Crippen molar-refractivity contribution < 1.29 is 9.90 Å². The van der Waals surface area contributed by atoms with Crippen molar-refractivity contribution in [3.8, 4) is 0 Å². The maximum absolute atomic E-state index is 11.3. The molecule has 1 amide bonds. The molecule has 0 aliphatic heterocycles. The minimum absolute atomic E-state index is 0.176. The van der Waals surface area contributed by atoms with Crippen molar-refractivity contribution in [3.05, 3.63) is 34.9 Å². The number of hydrogen-bond donors (Lipinski definition) is 1. The molecule has 0 atom stereocenters. The van der Waals surface area contributed by atoms with E-state index in [0.717, 1.165) is 32.1 Å². The van der Waals surface area contributed by atoms with Gasteiger partial charge in [0.25, 0.3) is 0 Å². The van der Waals surface area contributed by atoms with Crippen LogP contribution in [-0.4, -0.2) is 28.6 Å². The van der Waals surface area contributed by atoms with Crippen LogP contribution in [0.25, 0.3) is 0 Å². The Morgan fingerprint density at radius 3 is 2.17 bits per heavy atom. The van der Waals surface area contributed by atoms with Gasteiger partial charge in [-0.25, -0.2) is 0 Å². The third kappa shape index (κ3) is 7.17. The molecule has 1 aromatic rings. The summed E-state index contributed by atoms with van der Waals surface area (Å²) >= 11 is 0. The average molecular weight is 322 g/mol. The van der Waals surface area contributed by atoms with E-state index in [1.807, 2.05) is 32.6 Å². The van der Waals surface area contributed by atoms with Crippen molar-refractivity contribution in [2.24, 2.45) is 0 Å². The minimum atomic E-state index is -0.176. The van der Waals surface area contributed by atoms with E-state index in [-0.39, 0.29) is 12.1 Å². The van der Waals surface area contributed by atoms with E-state index >= 15 is 0 Å². The first-order chi connectivity index (χ1) is 11.1. The fourth-order valence-electron chi connectivity index (χ4n) is 2.81. The van der Waals surface area contributed by atoms with Crippen molar-refractivity contribution in [3.63, 3.8) is 0 Å². The van der Waals surface area contributed by atoms with E-state index in [1.165, 1.54) is 16.7 Å². The zero-order valence-electron chi connectivity index (χ0n) is 15.8. The molecule has 1 aliphatic carbocycles. The van der Waals surface area contributed by atoms with Gasteiger partial charge in [0, 0.05) is 12.6 Å². The quantitative estimate of drug-likeness (QED) is 0.822. The van der Waals surface area contributed by atoms with E-state index in [0.29, 0.717) is 6.54 Å². The molecule has 23 heavy (non-hydrogen) atoms. The molecule has 0 radical (unpaired) electrons. The molecule has 0 unspecified atom stereocenters. The topological polar surface area (TPSA) is 40.5 Å². The molecule has 1 aliphatic rings. The van der Waals surface area contributed by atoms with E-state index in [9.17, 15) is 9.90 Å². The summed E-state index contributed by atoms with van der Waals surface area (Å²) in [6, 6.07) is 6.64. The standard InChI is InChI=1S/C16H23NO2.2C2H6/c1-12-3-4-13(2)14(9-12)10-17(11-18)15-5-7-16(19)8-6-15;2*1-2/h3-4,9,11,15-16,19H,5-8,10H2,1-2H3;2*1-2H3. The summed E-state index contributed by atoms with van der Waals surface area (Å²) < 4.78 is 0. The minimum Gasteiger partial charge on any atom is -0.393 e. The highest BCUT2D eigenvalue weighted by Gasteiger charge is 2.24. The van der Waals surface area contributed by atoms with E-state index < -0.39 is 0 Å². The lowest BCUT2D eigenvalue weighted by Gasteiger charge is -2.33. The summed E-state index contributed by atoms with van der Waals surface area (Å²) in [5, 5.41) is 9.54. The van der Waals surface area contributed by atoms with Gasteiger partial charge in [-0.15, -0.1) is 0 Å². The molecule has 3 heteroatoms. The van der Waals surface area contributed by atoms with Crippen LogP contribution in [0.1, 0.15) is 70.1 Å². The molecule has 1 saturated carbocycles. The predicted molar refractivity (Wildman–Crippen MR) is 98.5 cm³/mol. The first-order valence-electron chi connectivity index (χ1n) is 9.05. The predicted octanol–water partition coefficient (Wildman–Crippen LogP) is 4.62. The van der Waals surface area contributed by atoms with Gasteiger partial charge in [-0.2, -0.15) is 0 Å². The number of hydrogen-bond acceptors (Lipinski definition) is 2. The molecule has 3 nitrogen and oxygen atoms in total. The first-order valence-corrected chi connectivity index (χ1v) is 9.05. The average Bonchev–Trinajstić information content (AvgIpc) is 2.60. The van der Waals surface area contributed by atoms with Crippen LogP contribution in [0.5, 0.6) is 0 Å². The second kappa shape index (κ2) is 12.1. The fraction of sp³-hybridized carbons (Fsp3) is 0.650. The molecule has 0 heterocycles. The number of aliphatic hydroxyl groups is 1. The summed E-state index contributed by atoms with van der Waals surface area (Å²) in [6.45, 7) is 12.8. The molecular weight excluding hydrogens is 286 g/mol. The van der Waals surface area contributed by atoms with Gasteiger partial charge in [-0.3, -0.25) is 4.79 Å². The molecule has 0 saturated heterocycles. The smallest absolute Gasteiger partial charge is 0.210 e. The molecular formula is C20H35NO2. The number of benzene rings is 1. The van der Waals surface area contributed by atoms with Crippen LogP contribution in [0.3, 0.4) is 0 Å². The Balaban J connectivity index is 0.00000112. The number of amides is 1. The number of carbonyl (C=O) groups is 1. The largest absolute Gasteiger partial charge is 0.393 e. The summed E-state index contributed by atoms with van der Waals surface area (Å²) in [5.74, 6) is 0. The van der Waals surface area contributed by atoms with Crippen molar-refractivity contribution in [2.45, 2.75) is 85.9 Å². The lowest BCUT2D eigenvalue weighted by Crippen LogP contribution is -2.37. The summed E-state index contributed by atoms with van der Waals surface area (Å²) in [6.07, 6.45) is 4.22. The van der Waals surface area contributed by atoms with Crippen LogP contribution in [0.4, 0.5) is 0 Å². The maximum Gasteiger partial charge on any atom is 0.210 e.